The Morgan fingerprint density at radius 3 is 2.12 bits per heavy atom. The zero-order chi connectivity index (χ0) is 42.0. The molecular formula is C45H46Br2N4O7. The van der Waals surface area contributed by atoms with E-state index in [4.69, 9.17) is 23.4 Å². The minimum absolute atomic E-state index is 0.00226. The van der Waals surface area contributed by atoms with Gasteiger partial charge in [0.05, 0.1) is 16.1 Å². The van der Waals surface area contributed by atoms with Crippen LogP contribution in [-0.4, -0.2) is 35.7 Å². The van der Waals surface area contributed by atoms with Gasteiger partial charge < -0.3 is 34.0 Å². The molecule has 0 unspecified atom stereocenters. The molecule has 1 aromatic heterocycles. The molecule has 2 atom stereocenters. The Hall–Kier alpha value is -5.58. The summed E-state index contributed by atoms with van der Waals surface area (Å²) in [6.07, 6.45) is -0.666. The summed E-state index contributed by atoms with van der Waals surface area (Å²) in [5.74, 6) is 1.35. The molecule has 0 saturated carbocycles. The van der Waals surface area contributed by atoms with E-state index in [2.05, 4.69) is 60.1 Å². The highest BCUT2D eigenvalue weighted by Crippen LogP contribution is 2.37. The second-order valence-electron chi connectivity index (χ2n) is 14.7. The van der Waals surface area contributed by atoms with E-state index in [1.165, 1.54) is 0 Å². The summed E-state index contributed by atoms with van der Waals surface area (Å²) < 4.78 is 30.7. The van der Waals surface area contributed by atoms with E-state index < -0.39 is 29.7 Å². The van der Waals surface area contributed by atoms with Gasteiger partial charge in [0.1, 0.15) is 54.2 Å². The van der Waals surface area contributed by atoms with Crippen molar-refractivity contribution in [3.8, 4) is 23.3 Å². The van der Waals surface area contributed by atoms with Crippen LogP contribution in [0.5, 0.6) is 17.2 Å². The molecule has 0 aliphatic heterocycles. The van der Waals surface area contributed by atoms with E-state index in [9.17, 15) is 14.9 Å². The number of nitrogens with zero attached hydrogens (tertiary/aromatic N) is 2. The molecule has 4 aromatic carbocycles. The molecule has 0 radical (unpaired) electrons. The van der Waals surface area contributed by atoms with E-state index in [1.807, 2.05) is 105 Å². The number of nitrogens with one attached hydrogen (secondary N) is 2. The third-order valence-corrected chi connectivity index (χ3v) is 9.93. The number of rotatable bonds is 16. The number of alkyl carbamates (subject to hydrolysis) is 1. The third kappa shape index (κ3) is 11.7. The predicted octanol–water partition coefficient (Wildman–Crippen LogP) is 10.2. The first-order valence-electron chi connectivity index (χ1n) is 18.6. The monoisotopic (exact) mass is 912 g/mol. The molecule has 302 valence electrons. The quantitative estimate of drug-likeness (QED) is 0.0988. The lowest BCUT2D eigenvalue weighted by atomic mass is 10.0. The van der Waals surface area contributed by atoms with Gasteiger partial charge in [0.15, 0.2) is 11.5 Å². The normalized spacial score (nSPS) is 12.2. The molecule has 13 heteroatoms. The predicted molar refractivity (Wildman–Crippen MR) is 228 cm³/mol. The number of hydrogen-bond acceptors (Lipinski definition) is 9. The lowest BCUT2D eigenvalue weighted by molar-refractivity contribution is -0.124. The zero-order valence-electron chi connectivity index (χ0n) is 33.2. The van der Waals surface area contributed by atoms with Crippen molar-refractivity contribution in [3.63, 3.8) is 0 Å². The van der Waals surface area contributed by atoms with Crippen molar-refractivity contribution >= 4 is 49.4 Å². The number of aromatic nitrogens is 1. The molecule has 0 aliphatic rings. The van der Waals surface area contributed by atoms with Gasteiger partial charge in [-0.25, -0.2) is 9.78 Å². The van der Waals surface area contributed by atoms with Gasteiger partial charge in [-0.05, 0) is 106 Å². The molecule has 0 saturated heterocycles. The molecule has 0 spiro atoms. The van der Waals surface area contributed by atoms with Crippen LogP contribution >= 0.6 is 31.9 Å². The lowest BCUT2D eigenvalue weighted by Crippen LogP contribution is -2.50. The average Bonchev–Trinajstić information content (AvgIpc) is 3.62. The van der Waals surface area contributed by atoms with Crippen LogP contribution in [0.2, 0.25) is 0 Å². The average molecular weight is 915 g/mol. The van der Waals surface area contributed by atoms with Gasteiger partial charge in [-0.2, -0.15) is 5.26 Å². The SMILES string of the molecule is C=C(c1ccccc1OCc1ccc(OC)cc1)c1oc([C@@H](NC(=O)[C@H](Cc2cc(Br)c(OCc3ccccc3)c(Br)c2)NC(=O)OC(C)(C)C)C(C)C)nc1C#N. The van der Waals surface area contributed by atoms with Crippen LogP contribution in [0.25, 0.3) is 5.57 Å². The summed E-state index contributed by atoms with van der Waals surface area (Å²) >= 11 is 7.24. The number of hydrogen-bond donors (Lipinski definition) is 2. The van der Waals surface area contributed by atoms with Gasteiger partial charge in [-0.15, -0.1) is 0 Å². The van der Waals surface area contributed by atoms with Crippen molar-refractivity contribution in [1.29, 1.82) is 5.26 Å². The van der Waals surface area contributed by atoms with Crippen LogP contribution in [0, 0.1) is 17.2 Å². The van der Waals surface area contributed by atoms with Gasteiger partial charge in [-0.1, -0.05) is 81.1 Å². The molecule has 5 rings (SSSR count). The van der Waals surface area contributed by atoms with Gasteiger partial charge in [0.25, 0.3) is 0 Å². The highest BCUT2D eigenvalue weighted by molar-refractivity contribution is 9.11. The maximum atomic E-state index is 14.2. The summed E-state index contributed by atoms with van der Waals surface area (Å²) in [7, 11) is 1.61. The molecule has 58 heavy (non-hydrogen) atoms. The number of carbonyl (C=O) groups is 2. The minimum Gasteiger partial charge on any atom is -0.497 e. The summed E-state index contributed by atoms with van der Waals surface area (Å²) in [4.78, 5) is 31.8. The van der Waals surface area contributed by atoms with Crippen molar-refractivity contribution in [2.75, 3.05) is 7.11 Å². The summed E-state index contributed by atoms with van der Waals surface area (Å²) in [6.45, 7) is 13.9. The third-order valence-electron chi connectivity index (χ3n) is 8.75. The van der Waals surface area contributed by atoms with E-state index in [0.717, 1.165) is 22.4 Å². The first kappa shape index (κ1) is 43.5. The van der Waals surface area contributed by atoms with Crippen LogP contribution in [-0.2, 0) is 29.2 Å². The maximum absolute atomic E-state index is 14.2. The van der Waals surface area contributed by atoms with Crippen LogP contribution < -0.4 is 24.8 Å². The van der Waals surface area contributed by atoms with Crippen molar-refractivity contribution < 1.29 is 33.0 Å². The van der Waals surface area contributed by atoms with Crippen molar-refractivity contribution in [2.45, 2.75) is 71.9 Å². The van der Waals surface area contributed by atoms with Gasteiger partial charge in [0.2, 0.25) is 11.8 Å². The molecular weight excluding hydrogens is 868 g/mol. The van der Waals surface area contributed by atoms with E-state index in [-0.39, 0.29) is 36.3 Å². The van der Waals surface area contributed by atoms with Crippen molar-refractivity contribution in [3.05, 3.63) is 146 Å². The van der Waals surface area contributed by atoms with E-state index >= 15 is 0 Å². The standard InChI is InChI=1S/C45H46Br2N4O7/c1-27(2)39(43-49-37(24-48)40(57-43)28(3)33-15-11-12-16-38(33)55-25-30-17-19-32(54-7)20-18-30)51-42(52)36(50-44(53)58-45(4,5)6)23-31-21-34(46)41(35(47)22-31)56-26-29-13-9-8-10-14-29/h8-22,27,36,39H,3,23,25-26H2,1-2,4-7H3,(H,50,53)(H,51,52)/t36-,39-/m0/s1. The molecule has 0 aliphatic carbocycles. The Kier molecular flexibility index (Phi) is 14.8. The fourth-order valence-corrected chi connectivity index (χ4v) is 7.37. The number of methoxy groups -OCH3 is 1. The molecule has 2 amide bonds. The second kappa shape index (κ2) is 19.7. The Balaban J connectivity index is 1.38. The Morgan fingerprint density at radius 1 is 0.879 bits per heavy atom. The zero-order valence-corrected chi connectivity index (χ0v) is 36.4. The summed E-state index contributed by atoms with van der Waals surface area (Å²) in [5.41, 5.74) is 2.84. The van der Waals surface area contributed by atoms with Crippen molar-refractivity contribution in [2.24, 2.45) is 5.92 Å². The lowest BCUT2D eigenvalue weighted by Gasteiger charge is -2.26. The summed E-state index contributed by atoms with van der Waals surface area (Å²) in [5, 5.41) is 15.9. The number of amides is 2. The Labute approximate surface area is 356 Å². The number of ether oxygens (including phenoxy) is 4. The van der Waals surface area contributed by atoms with E-state index in [1.54, 1.807) is 27.9 Å². The maximum Gasteiger partial charge on any atom is 0.408 e. The molecule has 0 bridgehead atoms. The number of para-hydroxylation sites is 1. The first-order valence-corrected chi connectivity index (χ1v) is 20.1. The number of oxazole rings is 1. The highest BCUT2D eigenvalue weighted by Gasteiger charge is 2.32. The largest absolute Gasteiger partial charge is 0.497 e. The number of nitriles is 1. The fraction of sp³-hybridized carbons (Fsp3) is 0.289. The minimum atomic E-state index is -1.08. The molecule has 2 N–H and O–H groups in total. The number of carbonyl (C=O) groups excluding carboxylic acids is 2. The van der Waals surface area contributed by atoms with Crippen LogP contribution in [0.4, 0.5) is 4.79 Å². The van der Waals surface area contributed by atoms with E-state index in [0.29, 0.717) is 38.2 Å². The number of halogens is 2. The smallest absolute Gasteiger partial charge is 0.408 e. The van der Waals surface area contributed by atoms with Gasteiger partial charge in [-0.3, -0.25) is 4.79 Å². The molecule has 5 aromatic rings. The second-order valence-corrected chi connectivity index (χ2v) is 16.5. The number of benzene rings is 4. The topological polar surface area (TPSA) is 145 Å². The Morgan fingerprint density at radius 2 is 1.50 bits per heavy atom. The first-order chi connectivity index (χ1) is 27.6. The van der Waals surface area contributed by atoms with Gasteiger partial charge in [0, 0.05) is 17.6 Å². The molecule has 0 fully saturated rings. The van der Waals surface area contributed by atoms with Crippen LogP contribution in [0.3, 0.4) is 0 Å². The van der Waals surface area contributed by atoms with Crippen molar-refractivity contribution in [1.82, 2.24) is 15.6 Å². The molecule has 1 heterocycles. The Bertz CT molecular complexity index is 2240. The highest BCUT2D eigenvalue weighted by atomic mass is 79.9. The van der Waals surface area contributed by atoms with Crippen LogP contribution in [0.15, 0.2) is 111 Å². The molecule has 11 nitrogen and oxygen atoms in total. The van der Waals surface area contributed by atoms with Crippen LogP contribution in [0.1, 0.15) is 80.3 Å². The fourth-order valence-electron chi connectivity index (χ4n) is 5.86. The van der Waals surface area contributed by atoms with Gasteiger partial charge >= 0.3 is 6.09 Å². The summed E-state index contributed by atoms with van der Waals surface area (Å²) in [6, 6.07) is 28.6.